The first-order valence-electron chi connectivity index (χ1n) is 10.7. The van der Waals surface area contributed by atoms with Gasteiger partial charge in [-0.2, -0.15) is 4.98 Å². The molecule has 4 aromatic heterocycles. The molecule has 180 valence electrons. The van der Waals surface area contributed by atoms with Gasteiger partial charge in [-0.3, -0.25) is 4.90 Å². The van der Waals surface area contributed by atoms with Gasteiger partial charge in [0.25, 0.3) is 12.3 Å². The van der Waals surface area contributed by atoms with Gasteiger partial charge in [-0.05, 0) is 32.2 Å². The van der Waals surface area contributed by atoms with Gasteiger partial charge in [0, 0.05) is 25.4 Å². The normalized spacial score (nSPS) is 18.4. The number of hydrogen-bond acceptors (Lipinski definition) is 7. The molecule has 2 N–H and O–H groups in total. The van der Waals surface area contributed by atoms with Gasteiger partial charge in [0.05, 0.1) is 18.8 Å². The number of rotatable bonds is 6. The Kier molecular flexibility index (Phi) is 5.30. The second-order valence-electron chi connectivity index (χ2n) is 8.41. The van der Waals surface area contributed by atoms with Crippen molar-refractivity contribution in [3.63, 3.8) is 0 Å². The van der Waals surface area contributed by atoms with Crippen molar-refractivity contribution in [2.45, 2.75) is 31.9 Å². The molecule has 1 fully saturated rings. The van der Waals surface area contributed by atoms with Crippen LogP contribution in [0.5, 0.6) is 0 Å². The zero-order valence-corrected chi connectivity index (χ0v) is 18.7. The molecule has 4 aromatic rings. The molecule has 5 heterocycles. The number of halogens is 4. The average Bonchev–Trinajstić information content (AvgIpc) is 3.40. The van der Waals surface area contributed by atoms with Crippen LogP contribution in [0.4, 0.5) is 29.3 Å². The number of nitrogens with one attached hydrogen (secondary N) is 2. The molecule has 0 amide bonds. The average molecular weight is 477 g/mol. The van der Waals surface area contributed by atoms with Gasteiger partial charge in [0.1, 0.15) is 22.9 Å². The second-order valence-corrected chi connectivity index (χ2v) is 8.41. The lowest BCUT2D eigenvalue weighted by atomic mass is 10.2. The van der Waals surface area contributed by atoms with Crippen molar-refractivity contribution in [2.75, 3.05) is 37.8 Å². The molecule has 13 heteroatoms. The van der Waals surface area contributed by atoms with Crippen molar-refractivity contribution in [1.82, 2.24) is 34.0 Å². The smallest absolute Gasteiger partial charge is 0.281 e. The van der Waals surface area contributed by atoms with E-state index in [0.717, 1.165) is 0 Å². The molecule has 0 saturated carbocycles. The maximum absolute atomic E-state index is 14.3. The van der Waals surface area contributed by atoms with E-state index in [-0.39, 0.29) is 19.0 Å². The molecule has 0 spiro atoms. The van der Waals surface area contributed by atoms with Crippen molar-refractivity contribution in [3.8, 4) is 11.3 Å². The van der Waals surface area contributed by atoms with E-state index in [0.29, 0.717) is 39.6 Å². The van der Waals surface area contributed by atoms with Crippen molar-refractivity contribution in [3.05, 3.63) is 30.2 Å². The Morgan fingerprint density at radius 1 is 1.18 bits per heavy atom. The Labute approximate surface area is 191 Å². The summed E-state index contributed by atoms with van der Waals surface area (Å²) in [6.07, 6.45) is -0.871. The van der Waals surface area contributed by atoms with Gasteiger partial charge in [0.2, 0.25) is 5.95 Å². The molecule has 0 unspecified atom stereocenters. The molecule has 9 nitrogen and oxygen atoms in total. The van der Waals surface area contributed by atoms with Crippen molar-refractivity contribution >= 4 is 28.4 Å². The van der Waals surface area contributed by atoms with E-state index < -0.39 is 24.9 Å². The number of nitrogens with zero attached hydrogens (tertiary/aromatic N) is 7. The van der Waals surface area contributed by atoms with Crippen molar-refractivity contribution < 1.29 is 17.6 Å². The monoisotopic (exact) mass is 477 g/mol. The van der Waals surface area contributed by atoms with E-state index in [9.17, 15) is 17.6 Å². The Morgan fingerprint density at radius 3 is 2.65 bits per heavy atom. The Bertz CT molecular complexity index is 1360. The number of anilines is 2. The van der Waals surface area contributed by atoms with Crippen LogP contribution >= 0.6 is 0 Å². The number of imidazole rings is 1. The number of aryl methyl sites for hydroxylation is 1. The Morgan fingerprint density at radius 2 is 1.97 bits per heavy atom. The summed E-state index contributed by atoms with van der Waals surface area (Å²) >= 11 is 0. The predicted molar refractivity (Wildman–Crippen MR) is 120 cm³/mol. The summed E-state index contributed by atoms with van der Waals surface area (Å²) in [5.41, 5.74) is 2.63. The molecule has 1 atom stereocenters. The van der Waals surface area contributed by atoms with Crippen LogP contribution in [0.2, 0.25) is 0 Å². The van der Waals surface area contributed by atoms with E-state index in [2.05, 4.69) is 30.7 Å². The third-order valence-corrected chi connectivity index (χ3v) is 5.92. The minimum Gasteiger partial charge on any atom is -0.371 e. The third-order valence-electron chi connectivity index (χ3n) is 5.92. The van der Waals surface area contributed by atoms with E-state index in [1.54, 1.807) is 50.3 Å². The minimum atomic E-state index is -2.91. The highest BCUT2D eigenvalue weighted by Crippen LogP contribution is 2.32. The zero-order chi connectivity index (χ0) is 24.2. The van der Waals surface area contributed by atoms with E-state index >= 15 is 0 Å². The molecule has 1 aliphatic rings. The van der Waals surface area contributed by atoms with Gasteiger partial charge in [-0.1, -0.05) is 0 Å². The maximum Gasteiger partial charge on any atom is 0.281 e. The van der Waals surface area contributed by atoms with Crippen molar-refractivity contribution in [1.29, 1.82) is 0 Å². The van der Waals surface area contributed by atoms with E-state index in [1.165, 1.54) is 9.08 Å². The Hall–Kier alpha value is -3.48. The molecule has 1 saturated heterocycles. The fourth-order valence-corrected chi connectivity index (χ4v) is 4.38. The summed E-state index contributed by atoms with van der Waals surface area (Å²) in [5.74, 6) is -1.99. The minimum absolute atomic E-state index is 0.0630. The topological polar surface area (TPSA) is 88.2 Å². The van der Waals surface area contributed by atoms with Crippen LogP contribution in [0.25, 0.3) is 27.9 Å². The Balaban J connectivity index is 1.56. The van der Waals surface area contributed by atoms with Crippen LogP contribution < -0.4 is 10.6 Å². The van der Waals surface area contributed by atoms with Gasteiger partial charge < -0.3 is 15.2 Å². The summed E-state index contributed by atoms with van der Waals surface area (Å²) in [4.78, 5) is 14.9. The standard InChI is InChI=1S/C21H23F4N9/c1-11-27-14-5-4-13(28-19(14)33(11)9-16(22)23)12-6-7-34-17(12)18(26-2)30-20(31-34)29-15-8-32(3)10-21(15,24)25/h4-7,15-16H,8-10H2,1-3H3,(H2,26,29,30,31)/t15-/m1/s1. The summed E-state index contributed by atoms with van der Waals surface area (Å²) in [6, 6.07) is 4.13. The highest BCUT2D eigenvalue weighted by atomic mass is 19.3. The maximum atomic E-state index is 14.3. The van der Waals surface area contributed by atoms with Crippen molar-refractivity contribution in [2.24, 2.45) is 0 Å². The fraction of sp³-hybridized carbons (Fsp3) is 0.429. The summed E-state index contributed by atoms with van der Waals surface area (Å²) in [6.45, 7) is 0.978. The number of fused-ring (bicyclic) bond motifs is 2. The molecular formula is C21H23F4N9. The summed E-state index contributed by atoms with van der Waals surface area (Å²) in [7, 11) is 3.30. The molecule has 5 rings (SSSR count). The van der Waals surface area contributed by atoms with Gasteiger partial charge >= 0.3 is 0 Å². The van der Waals surface area contributed by atoms with Crippen LogP contribution in [0.3, 0.4) is 0 Å². The number of aromatic nitrogens is 6. The van der Waals surface area contributed by atoms with Gasteiger partial charge in [0.15, 0.2) is 11.5 Å². The number of alkyl halides is 4. The molecular weight excluding hydrogens is 454 g/mol. The van der Waals surface area contributed by atoms with E-state index in [4.69, 9.17) is 0 Å². The predicted octanol–water partition coefficient (Wildman–Crippen LogP) is 3.12. The lowest BCUT2D eigenvalue weighted by Crippen LogP contribution is -2.38. The zero-order valence-electron chi connectivity index (χ0n) is 18.7. The quantitative estimate of drug-likeness (QED) is 0.413. The molecule has 0 aromatic carbocycles. The number of hydrogen-bond donors (Lipinski definition) is 2. The van der Waals surface area contributed by atoms with Crippen LogP contribution in [-0.4, -0.2) is 79.6 Å². The number of likely N-dealkylation sites (tertiary alicyclic amines) is 1. The van der Waals surface area contributed by atoms with Crippen LogP contribution in [-0.2, 0) is 6.54 Å². The first kappa shape index (κ1) is 22.3. The SMILES string of the molecule is CNc1nc(N[C@@H]2CN(C)CC2(F)F)nn2ccc(-c3ccc4nc(C)n(CC(F)F)c4n3)c12. The van der Waals surface area contributed by atoms with Gasteiger partial charge in [-0.25, -0.2) is 32.0 Å². The number of pyridine rings is 1. The number of likely N-dealkylation sites (N-methyl/N-ethyl adjacent to an activating group) is 1. The van der Waals surface area contributed by atoms with E-state index in [1.807, 2.05) is 0 Å². The second kappa shape index (κ2) is 8.08. The molecule has 34 heavy (non-hydrogen) atoms. The van der Waals surface area contributed by atoms with Crippen LogP contribution in [0.1, 0.15) is 5.82 Å². The van der Waals surface area contributed by atoms with Gasteiger partial charge in [-0.15, -0.1) is 5.10 Å². The molecule has 0 aliphatic carbocycles. The summed E-state index contributed by atoms with van der Waals surface area (Å²) < 4.78 is 57.6. The summed E-state index contributed by atoms with van der Waals surface area (Å²) in [5, 5.41) is 10.1. The first-order valence-corrected chi connectivity index (χ1v) is 10.7. The van der Waals surface area contributed by atoms with Crippen LogP contribution in [0, 0.1) is 6.92 Å². The third kappa shape index (κ3) is 3.79. The van der Waals surface area contributed by atoms with Crippen LogP contribution in [0.15, 0.2) is 24.4 Å². The largest absolute Gasteiger partial charge is 0.371 e. The molecule has 0 radical (unpaired) electrons. The first-order chi connectivity index (χ1) is 16.2. The highest BCUT2D eigenvalue weighted by molar-refractivity contribution is 5.89. The highest BCUT2D eigenvalue weighted by Gasteiger charge is 2.47. The molecule has 0 bridgehead atoms. The fourth-order valence-electron chi connectivity index (χ4n) is 4.38. The lowest BCUT2D eigenvalue weighted by molar-refractivity contribution is 0.00584. The lowest BCUT2D eigenvalue weighted by Gasteiger charge is -2.19. The molecule has 1 aliphatic heterocycles.